The lowest BCUT2D eigenvalue weighted by Gasteiger charge is -2.32. The number of likely N-dealkylation sites (N-methyl/N-ethyl adjacent to an activating group) is 1. The molecule has 0 aliphatic carbocycles. The quantitative estimate of drug-likeness (QED) is 0.881. The minimum absolute atomic E-state index is 0.0749. The Kier molecular flexibility index (Phi) is 4.37. The van der Waals surface area contributed by atoms with Crippen LogP contribution in [0.15, 0.2) is 18.2 Å². The van der Waals surface area contributed by atoms with Crippen LogP contribution in [0, 0.1) is 12.7 Å². The Morgan fingerprint density at radius 2 is 2.00 bits per heavy atom. The second-order valence-electron chi connectivity index (χ2n) is 5.03. The van der Waals surface area contributed by atoms with Crippen molar-refractivity contribution in [3.63, 3.8) is 0 Å². The average Bonchev–Trinajstić information content (AvgIpc) is 2.40. The topological polar surface area (TPSA) is 35.6 Å². The summed E-state index contributed by atoms with van der Waals surface area (Å²) in [6.45, 7) is 5.36. The number of hydrogen-bond acceptors (Lipinski definition) is 2. The lowest BCUT2D eigenvalue weighted by Crippen LogP contribution is -2.50. The molecule has 1 saturated heterocycles. The third kappa shape index (κ3) is 3.67. The lowest BCUT2D eigenvalue weighted by molar-refractivity contribution is 0.154. The fraction of sp³-hybridized carbons (Fsp3) is 0.500. The van der Waals surface area contributed by atoms with Crippen molar-refractivity contribution in [3.8, 4) is 0 Å². The SMILES string of the molecule is Cc1ccc(CNC(=O)N2CCN(C)CC2)cc1F. The van der Waals surface area contributed by atoms with Crippen LogP contribution in [0.4, 0.5) is 9.18 Å². The van der Waals surface area contributed by atoms with Crippen LogP contribution in [0.5, 0.6) is 0 Å². The first-order valence-electron chi connectivity index (χ1n) is 6.52. The van der Waals surface area contributed by atoms with E-state index in [1.165, 1.54) is 6.07 Å². The van der Waals surface area contributed by atoms with E-state index in [4.69, 9.17) is 0 Å². The molecule has 1 aromatic rings. The van der Waals surface area contributed by atoms with Crippen molar-refractivity contribution in [2.75, 3.05) is 33.2 Å². The molecule has 0 unspecified atom stereocenters. The molecule has 5 heteroatoms. The number of halogens is 1. The standard InChI is InChI=1S/C14H20FN3O/c1-11-3-4-12(9-13(11)15)10-16-14(19)18-7-5-17(2)6-8-18/h3-4,9H,5-8,10H2,1-2H3,(H,16,19). The number of piperazine rings is 1. The van der Waals surface area contributed by atoms with Gasteiger partial charge in [-0.25, -0.2) is 9.18 Å². The van der Waals surface area contributed by atoms with Gasteiger partial charge in [0.2, 0.25) is 0 Å². The number of carbonyl (C=O) groups excluding carboxylic acids is 1. The molecule has 1 aliphatic rings. The van der Waals surface area contributed by atoms with Crippen molar-refractivity contribution in [2.24, 2.45) is 0 Å². The average molecular weight is 265 g/mol. The fourth-order valence-electron chi connectivity index (χ4n) is 2.05. The molecular weight excluding hydrogens is 245 g/mol. The van der Waals surface area contributed by atoms with E-state index >= 15 is 0 Å². The second-order valence-corrected chi connectivity index (χ2v) is 5.03. The highest BCUT2D eigenvalue weighted by Gasteiger charge is 2.18. The maximum absolute atomic E-state index is 13.4. The van der Waals surface area contributed by atoms with Crippen LogP contribution in [0.1, 0.15) is 11.1 Å². The predicted octanol–water partition coefficient (Wildman–Crippen LogP) is 1.59. The summed E-state index contributed by atoms with van der Waals surface area (Å²) in [6, 6.07) is 4.96. The first-order valence-corrected chi connectivity index (χ1v) is 6.52. The van der Waals surface area contributed by atoms with E-state index in [0.717, 1.165) is 31.7 Å². The molecule has 1 aliphatic heterocycles. The first kappa shape index (κ1) is 13.8. The van der Waals surface area contributed by atoms with Crippen molar-refractivity contribution < 1.29 is 9.18 Å². The summed E-state index contributed by atoms with van der Waals surface area (Å²) in [7, 11) is 2.05. The van der Waals surface area contributed by atoms with E-state index < -0.39 is 0 Å². The van der Waals surface area contributed by atoms with E-state index in [1.54, 1.807) is 17.9 Å². The van der Waals surface area contributed by atoms with Crippen molar-refractivity contribution >= 4 is 6.03 Å². The number of urea groups is 1. The van der Waals surface area contributed by atoms with Crippen LogP contribution in [0.2, 0.25) is 0 Å². The maximum Gasteiger partial charge on any atom is 0.317 e. The number of benzene rings is 1. The van der Waals surface area contributed by atoms with Gasteiger partial charge in [-0.05, 0) is 31.2 Å². The number of hydrogen-bond donors (Lipinski definition) is 1. The minimum Gasteiger partial charge on any atom is -0.334 e. The summed E-state index contributed by atoms with van der Waals surface area (Å²) < 4.78 is 13.4. The van der Waals surface area contributed by atoms with Crippen LogP contribution >= 0.6 is 0 Å². The van der Waals surface area contributed by atoms with Crippen LogP contribution < -0.4 is 5.32 Å². The van der Waals surface area contributed by atoms with E-state index in [-0.39, 0.29) is 11.8 Å². The molecule has 0 atom stereocenters. The smallest absolute Gasteiger partial charge is 0.317 e. The summed E-state index contributed by atoms with van der Waals surface area (Å²) in [5, 5.41) is 2.83. The lowest BCUT2D eigenvalue weighted by atomic mass is 10.1. The monoisotopic (exact) mass is 265 g/mol. The Labute approximate surface area is 113 Å². The summed E-state index contributed by atoms with van der Waals surface area (Å²) in [6.07, 6.45) is 0. The van der Waals surface area contributed by atoms with Gasteiger partial charge in [0, 0.05) is 32.7 Å². The molecule has 2 amide bonds. The molecule has 19 heavy (non-hydrogen) atoms. The second kappa shape index (κ2) is 6.02. The Morgan fingerprint density at radius 1 is 1.32 bits per heavy atom. The summed E-state index contributed by atoms with van der Waals surface area (Å²) >= 11 is 0. The number of nitrogens with one attached hydrogen (secondary N) is 1. The Balaban J connectivity index is 1.84. The normalized spacial score (nSPS) is 16.5. The van der Waals surface area contributed by atoms with Gasteiger partial charge in [-0.15, -0.1) is 0 Å². The number of aryl methyl sites for hydroxylation is 1. The molecule has 0 saturated carbocycles. The summed E-state index contributed by atoms with van der Waals surface area (Å²) in [5.41, 5.74) is 1.40. The van der Waals surface area contributed by atoms with Crippen LogP contribution in [0.3, 0.4) is 0 Å². The van der Waals surface area contributed by atoms with Crippen LogP contribution in [-0.4, -0.2) is 49.1 Å². The molecule has 0 spiro atoms. The van der Waals surface area contributed by atoms with Gasteiger partial charge in [-0.2, -0.15) is 0 Å². The van der Waals surface area contributed by atoms with Gasteiger partial charge in [0.25, 0.3) is 0 Å². The van der Waals surface area contributed by atoms with Crippen LogP contribution in [-0.2, 0) is 6.54 Å². The molecule has 0 bridgehead atoms. The third-order valence-corrected chi connectivity index (χ3v) is 3.47. The summed E-state index contributed by atoms with van der Waals surface area (Å²) in [4.78, 5) is 15.9. The molecule has 1 N–H and O–H groups in total. The van der Waals surface area contributed by atoms with E-state index in [1.807, 2.05) is 13.1 Å². The molecule has 1 heterocycles. The van der Waals surface area contributed by atoms with Crippen molar-refractivity contribution in [3.05, 3.63) is 35.1 Å². The van der Waals surface area contributed by atoms with E-state index in [9.17, 15) is 9.18 Å². The Morgan fingerprint density at radius 3 is 2.63 bits per heavy atom. The van der Waals surface area contributed by atoms with Crippen molar-refractivity contribution in [1.29, 1.82) is 0 Å². The van der Waals surface area contributed by atoms with E-state index in [0.29, 0.717) is 12.1 Å². The highest BCUT2D eigenvalue weighted by molar-refractivity contribution is 5.74. The number of nitrogens with zero attached hydrogens (tertiary/aromatic N) is 2. The Hall–Kier alpha value is -1.62. The van der Waals surface area contributed by atoms with Gasteiger partial charge in [0.1, 0.15) is 5.82 Å². The van der Waals surface area contributed by atoms with Gasteiger partial charge in [-0.1, -0.05) is 12.1 Å². The third-order valence-electron chi connectivity index (χ3n) is 3.47. The maximum atomic E-state index is 13.4. The fourth-order valence-corrected chi connectivity index (χ4v) is 2.05. The number of carbonyl (C=O) groups is 1. The molecule has 1 aromatic carbocycles. The highest BCUT2D eigenvalue weighted by Crippen LogP contribution is 2.09. The largest absolute Gasteiger partial charge is 0.334 e. The molecular formula is C14H20FN3O. The molecule has 0 aromatic heterocycles. The van der Waals surface area contributed by atoms with Crippen molar-refractivity contribution in [2.45, 2.75) is 13.5 Å². The molecule has 4 nitrogen and oxygen atoms in total. The zero-order valence-electron chi connectivity index (χ0n) is 11.4. The molecule has 2 rings (SSSR count). The summed E-state index contributed by atoms with van der Waals surface area (Å²) in [5.74, 6) is -0.230. The van der Waals surface area contributed by atoms with Crippen LogP contribution in [0.25, 0.3) is 0 Å². The highest BCUT2D eigenvalue weighted by atomic mass is 19.1. The molecule has 104 valence electrons. The van der Waals surface area contributed by atoms with Crippen molar-refractivity contribution in [1.82, 2.24) is 15.1 Å². The minimum atomic E-state index is -0.230. The predicted molar refractivity (Wildman–Crippen MR) is 72.4 cm³/mol. The zero-order valence-corrected chi connectivity index (χ0v) is 11.4. The van der Waals surface area contributed by atoms with Gasteiger partial charge in [0.15, 0.2) is 0 Å². The number of amides is 2. The van der Waals surface area contributed by atoms with Gasteiger partial charge < -0.3 is 15.1 Å². The van der Waals surface area contributed by atoms with Gasteiger partial charge in [-0.3, -0.25) is 0 Å². The van der Waals surface area contributed by atoms with Gasteiger partial charge in [0.05, 0.1) is 0 Å². The van der Waals surface area contributed by atoms with E-state index in [2.05, 4.69) is 10.2 Å². The molecule has 0 radical (unpaired) electrons. The van der Waals surface area contributed by atoms with Gasteiger partial charge >= 0.3 is 6.03 Å². The zero-order chi connectivity index (χ0) is 13.8. The number of rotatable bonds is 2. The first-order chi connectivity index (χ1) is 9.06. The molecule has 1 fully saturated rings. The Bertz CT molecular complexity index is 456.